The lowest BCUT2D eigenvalue weighted by molar-refractivity contribution is -0.870. The minimum Gasteiger partial charge on any atom is -0.331 e. The van der Waals surface area contributed by atoms with Gasteiger partial charge in [0, 0.05) is 0 Å². The van der Waals surface area contributed by atoms with Crippen LogP contribution in [0.15, 0.2) is 54.6 Å². The number of allylic oxidation sites excluding steroid dienone is 1. The smallest absolute Gasteiger partial charge is 0.123 e. The summed E-state index contributed by atoms with van der Waals surface area (Å²) in [6.07, 6.45) is 5.17. The summed E-state index contributed by atoms with van der Waals surface area (Å²) < 4.78 is 28.1. The van der Waals surface area contributed by atoms with Gasteiger partial charge in [0.2, 0.25) is 0 Å². The topological polar surface area (TPSA) is 0 Å². The fraction of sp³-hybridized carbons (Fsp3) is 0.333. The summed E-state index contributed by atoms with van der Waals surface area (Å²) in [5, 5.41) is 0. The molecule has 24 heavy (non-hydrogen) atoms. The van der Waals surface area contributed by atoms with Crippen molar-refractivity contribution in [3.05, 3.63) is 77.4 Å². The maximum atomic E-state index is 13.6. The van der Waals surface area contributed by atoms with Gasteiger partial charge in [-0.15, -0.1) is 0 Å². The van der Waals surface area contributed by atoms with E-state index in [1.807, 2.05) is 12.1 Å². The molecule has 0 saturated carbocycles. The van der Waals surface area contributed by atoms with Crippen LogP contribution in [-0.2, 0) is 0 Å². The van der Waals surface area contributed by atoms with E-state index in [0.717, 1.165) is 47.0 Å². The zero-order valence-electron chi connectivity index (χ0n) is 14.7. The van der Waals surface area contributed by atoms with Crippen LogP contribution < -0.4 is 0 Å². The molecule has 0 atom stereocenters. The van der Waals surface area contributed by atoms with Crippen LogP contribution in [0.2, 0.25) is 0 Å². The average molecular weight is 330 g/mol. The molecule has 0 aromatic heterocycles. The molecule has 0 aliphatic rings. The Hall–Kier alpha value is -2.00. The molecule has 0 aliphatic carbocycles. The first kappa shape index (κ1) is 18.3. The van der Waals surface area contributed by atoms with E-state index in [4.69, 9.17) is 0 Å². The first-order valence-corrected chi connectivity index (χ1v) is 8.38. The molecule has 0 saturated heterocycles. The third kappa shape index (κ3) is 5.89. The van der Waals surface area contributed by atoms with E-state index in [0.29, 0.717) is 0 Å². The van der Waals surface area contributed by atoms with E-state index in [-0.39, 0.29) is 11.6 Å². The molecule has 0 N–H and O–H groups in total. The van der Waals surface area contributed by atoms with Gasteiger partial charge in [-0.25, -0.2) is 8.78 Å². The van der Waals surface area contributed by atoms with Crippen molar-refractivity contribution in [1.29, 1.82) is 0 Å². The van der Waals surface area contributed by atoms with Gasteiger partial charge in [0.05, 0.1) is 27.7 Å². The molecule has 2 aromatic carbocycles. The molecule has 128 valence electrons. The third-order valence-electron chi connectivity index (χ3n) is 3.90. The van der Waals surface area contributed by atoms with Gasteiger partial charge in [-0.2, -0.15) is 0 Å². The van der Waals surface area contributed by atoms with E-state index in [9.17, 15) is 8.78 Å². The van der Waals surface area contributed by atoms with Gasteiger partial charge in [-0.1, -0.05) is 30.3 Å². The van der Waals surface area contributed by atoms with Crippen molar-refractivity contribution in [2.24, 2.45) is 0 Å². The van der Waals surface area contributed by atoms with Gasteiger partial charge in [0.25, 0.3) is 0 Å². The number of halogens is 2. The molecule has 0 unspecified atom stereocenters. The van der Waals surface area contributed by atoms with Crippen molar-refractivity contribution in [1.82, 2.24) is 0 Å². The molecule has 0 aliphatic heterocycles. The lowest BCUT2D eigenvalue weighted by Crippen LogP contribution is -2.35. The highest BCUT2D eigenvalue weighted by molar-refractivity contribution is 5.79. The fourth-order valence-corrected chi connectivity index (χ4v) is 2.69. The quantitative estimate of drug-likeness (QED) is 0.479. The molecule has 2 aromatic rings. The molecule has 0 bridgehead atoms. The SMILES string of the molecule is C[N+](C)(C)CCCCC=C(c1cccc(F)c1)c1cccc(F)c1. The first-order valence-electron chi connectivity index (χ1n) is 8.38. The van der Waals surface area contributed by atoms with E-state index in [1.54, 1.807) is 12.1 Å². The Bertz CT molecular complexity index is 651. The number of quaternary nitrogens is 1. The molecular formula is C21H26F2N+. The minimum atomic E-state index is -0.278. The van der Waals surface area contributed by atoms with Gasteiger partial charge >= 0.3 is 0 Å². The number of benzene rings is 2. The highest BCUT2D eigenvalue weighted by atomic mass is 19.1. The standard InChI is InChI=1S/C21H26F2N/c1-24(2,3)14-6-4-5-13-21(17-9-7-11-19(22)15-17)18-10-8-12-20(23)16-18/h7-13,15-16H,4-6,14H2,1-3H3/q+1. The second-order valence-corrected chi connectivity index (χ2v) is 7.15. The second-order valence-electron chi connectivity index (χ2n) is 7.15. The summed E-state index contributed by atoms with van der Waals surface area (Å²) in [5.74, 6) is -0.556. The Kier molecular flexibility index (Phi) is 6.27. The lowest BCUT2D eigenvalue weighted by Gasteiger charge is -2.23. The minimum absolute atomic E-state index is 0.278. The van der Waals surface area contributed by atoms with Crippen LogP contribution in [0.25, 0.3) is 5.57 Å². The first-order chi connectivity index (χ1) is 11.3. The van der Waals surface area contributed by atoms with Crippen LogP contribution in [0.4, 0.5) is 8.78 Å². The Morgan fingerprint density at radius 1 is 0.875 bits per heavy atom. The van der Waals surface area contributed by atoms with Gasteiger partial charge in [-0.3, -0.25) is 0 Å². The predicted octanol–water partition coefficient (Wildman–Crippen LogP) is 5.27. The molecule has 0 heterocycles. The van der Waals surface area contributed by atoms with Crippen LogP contribution in [-0.4, -0.2) is 32.2 Å². The van der Waals surface area contributed by atoms with E-state index in [1.165, 1.54) is 24.3 Å². The Morgan fingerprint density at radius 2 is 1.42 bits per heavy atom. The van der Waals surface area contributed by atoms with Crippen LogP contribution in [0.1, 0.15) is 30.4 Å². The Labute approximate surface area is 143 Å². The summed E-state index contributed by atoms with van der Waals surface area (Å²) in [5.41, 5.74) is 2.46. The van der Waals surface area contributed by atoms with Crippen LogP contribution in [0.5, 0.6) is 0 Å². The van der Waals surface area contributed by atoms with Crippen molar-refractivity contribution in [3.63, 3.8) is 0 Å². The fourth-order valence-electron chi connectivity index (χ4n) is 2.69. The Balaban J connectivity index is 2.18. The summed E-state index contributed by atoms with van der Waals surface area (Å²) in [7, 11) is 6.54. The van der Waals surface area contributed by atoms with Crippen molar-refractivity contribution in [3.8, 4) is 0 Å². The van der Waals surface area contributed by atoms with Crippen molar-refractivity contribution in [2.45, 2.75) is 19.3 Å². The van der Waals surface area contributed by atoms with Crippen LogP contribution >= 0.6 is 0 Å². The largest absolute Gasteiger partial charge is 0.331 e. The van der Waals surface area contributed by atoms with Crippen molar-refractivity contribution >= 4 is 5.57 Å². The van der Waals surface area contributed by atoms with Gasteiger partial charge in [0.1, 0.15) is 11.6 Å². The average Bonchev–Trinajstić information content (AvgIpc) is 2.49. The number of rotatable bonds is 7. The number of unbranched alkanes of at least 4 members (excludes halogenated alkanes) is 2. The normalized spacial score (nSPS) is 11.4. The molecule has 0 radical (unpaired) electrons. The van der Waals surface area contributed by atoms with Gasteiger partial charge in [0.15, 0.2) is 0 Å². The number of hydrogen-bond donors (Lipinski definition) is 0. The zero-order chi connectivity index (χ0) is 17.6. The van der Waals surface area contributed by atoms with Crippen molar-refractivity contribution in [2.75, 3.05) is 27.7 Å². The molecule has 3 heteroatoms. The molecule has 0 amide bonds. The third-order valence-corrected chi connectivity index (χ3v) is 3.90. The summed E-state index contributed by atoms with van der Waals surface area (Å²) in [4.78, 5) is 0. The maximum Gasteiger partial charge on any atom is 0.123 e. The van der Waals surface area contributed by atoms with Gasteiger partial charge in [-0.05, 0) is 60.2 Å². The number of hydrogen-bond acceptors (Lipinski definition) is 0. The summed E-state index contributed by atoms with van der Waals surface area (Å²) in [6.45, 7) is 1.11. The highest BCUT2D eigenvalue weighted by Gasteiger charge is 2.08. The van der Waals surface area contributed by atoms with E-state index in [2.05, 4.69) is 27.2 Å². The second kappa shape index (κ2) is 8.20. The molecule has 1 nitrogen and oxygen atoms in total. The van der Waals surface area contributed by atoms with Crippen LogP contribution in [0, 0.1) is 11.6 Å². The molecular weight excluding hydrogens is 304 g/mol. The van der Waals surface area contributed by atoms with Gasteiger partial charge < -0.3 is 4.48 Å². The summed E-state index contributed by atoms with van der Waals surface area (Å²) in [6, 6.07) is 13.0. The zero-order valence-corrected chi connectivity index (χ0v) is 14.7. The highest BCUT2D eigenvalue weighted by Crippen LogP contribution is 2.25. The predicted molar refractivity (Wildman–Crippen MR) is 96.6 cm³/mol. The van der Waals surface area contributed by atoms with Crippen LogP contribution in [0.3, 0.4) is 0 Å². The van der Waals surface area contributed by atoms with E-state index < -0.39 is 0 Å². The molecule has 2 rings (SSSR count). The Morgan fingerprint density at radius 3 is 1.88 bits per heavy atom. The molecule has 0 spiro atoms. The van der Waals surface area contributed by atoms with E-state index >= 15 is 0 Å². The number of nitrogens with zero attached hydrogens (tertiary/aromatic N) is 1. The van der Waals surface area contributed by atoms with Crippen molar-refractivity contribution < 1.29 is 13.3 Å². The summed E-state index contributed by atoms with van der Waals surface area (Å²) >= 11 is 0. The monoisotopic (exact) mass is 330 g/mol. The maximum absolute atomic E-state index is 13.6. The lowest BCUT2D eigenvalue weighted by atomic mass is 9.96. The molecule has 0 fully saturated rings.